The lowest BCUT2D eigenvalue weighted by Crippen LogP contribution is -2.45. The first-order valence-electron chi connectivity index (χ1n) is 28.9. The number of likely N-dealkylation sites (N-methyl/N-ethyl adjacent to an activating group) is 1. The van der Waals surface area contributed by atoms with Crippen molar-refractivity contribution in [2.75, 3.05) is 40.9 Å². The van der Waals surface area contributed by atoms with Gasteiger partial charge in [-0.15, -0.1) is 0 Å². The average Bonchev–Trinajstić information content (AvgIpc) is 3.29. The van der Waals surface area contributed by atoms with Gasteiger partial charge in [-0.3, -0.25) is 9.36 Å². The molecule has 0 aliphatic carbocycles. The molecule has 0 bridgehead atoms. The molecule has 67 heavy (non-hydrogen) atoms. The van der Waals surface area contributed by atoms with E-state index in [0.717, 1.165) is 44.9 Å². The van der Waals surface area contributed by atoms with Gasteiger partial charge in [-0.25, -0.2) is 0 Å². The molecular formula is C58H113N2O6P. The van der Waals surface area contributed by atoms with Crippen molar-refractivity contribution in [2.45, 2.75) is 289 Å². The Balaban J connectivity index is 4.25. The molecule has 2 N–H and O–H groups in total. The molecule has 0 heterocycles. The number of carbonyl (C=O) groups excluding carboxylic acids is 1. The summed E-state index contributed by atoms with van der Waals surface area (Å²) < 4.78 is 23.3. The molecule has 396 valence electrons. The van der Waals surface area contributed by atoms with Gasteiger partial charge in [0.1, 0.15) is 13.2 Å². The fraction of sp³-hybridized carbons (Fsp3) is 0.879. The number of nitrogens with one attached hydrogen (secondary N) is 1. The van der Waals surface area contributed by atoms with Gasteiger partial charge in [0.25, 0.3) is 7.82 Å². The van der Waals surface area contributed by atoms with Crippen molar-refractivity contribution in [3.05, 3.63) is 36.5 Å². The average molecular weight is 966 g/mol. The standard InChI is InChI=1S/C58H113N2O6P/c1-6-8-10-12-14-16-18-20-22-24-26-28-29-30-32-34-36-38-40-42-44-46-48-50-52-58(62)59-56(55-66-67(63,64)65-54-53-60(3,4)5)57(61)51-49-47-45-43-41-39-37-35-33-31-27-25-23-21-19-17-15-13-11-9-7-2/h33,35,41,43,49,51,56-57,61H,6-32,34,36-40,42,44-48,50,52-55H2,1-5H3,(H-,59,62,63,64)/b35-33+,43-41+,51-49+. The third-order valence-electron chi connectivity index (χ3n) is 13.1. The molecule has 0 spiro atoms. The summed E-state index contributed by atoms with van der Waals surface area (Å²) in [5, 5.41) is 13.9. The van der Waals surface area contributed by atoms with Crippen LogP contribution in [0.25, 0.3) is 0 Å². The number of rotatable bonds is 53. The van der Waals surface area contributed by atoms with Gasteiger partial charge in [0.05, 0.1) is 39.9 Å². The number of carbonyl (C=O) groups is 1. The summed E-state index contributed by atoms with van der Waals surface area (Å²) in [6.07, 6.45) is 63.7. The van der Waals surface area contributed by atoms with Gasteiger partial charge in [0.15, 0.2) is 0 Å². The summed E-state index contributed by atoms with van der Waals surface area (Å²) >= 11 is 0. The van der Waals surface area contributed by atoms with Gasteiger partial charge in [0.2, 0.25) is 5.91 Å². The summed E-state index contributed by atoms with van der Waals surface area (Å²) in [7, 11) is 1.25. The van der Waals surface area contributed by atoms with Crippen molar-refractivity contribution in [2.24, 2.45) is 0 Å². The number of nitrogens with zero attached hydrogens (tertiary/aromatic N) is 1. The van der Waals surface area contributed by atoms with E-state index < -0.39 is 26.6 Å². The van der Waals surface area contributed by atoms with E-state index in [9.17, 15) is 19.4 Å². The molecule has 1 amide bonds. The van der Waals surface area contributed by atoms with Crippen molar-refractivity contribution >= 4 is 13.7 Å². The molecule has 3 unspecified atom stereocenters. The second-order valence-corrected chi connectivity index (χ2v) is 22.4. The van der Waals surface area contributed by atoms with Crippen LogP contribution in [-0.4, -0.2) is 68.5 Å². The van der Waals surface area contributed by atoms with Gasteiger partial charge in [-0.05, 0) is 44.9 Å². The van der Waals surface area contributed by atoms with E-state index in [-0.39, 0.29) is 12.5 Å². The van der Waals surface area contributed by atoms with Crippen LogP contribution < -0.4 is 10.2 Å². The minimum absolute atomic E-state index is 0.00737. The Labute approximate surface area is 417 Å². The predicted molar refractivity (Wildman–Crippen MR) is 288 cm³/mol. The van der Waals surface area contributed by atoms with Crippen LogP contribution >= 0.6 is 7.82 Å². The maximum Gasteiger partial charge on any atom is 0.268 e. The highest BCUT2D eigenvalue weighted by atomic mass is 31.2. The molecule has 0 rings (SSSR count). The van der Waals surface area contributed by atoms with Crippen molar-refractivity contribution < 1.29 is 32.9 Å². The van der Waals surface area contributed by atoms with E-state index >= 15 is 0 Å². The number of hydrogen-bond acceptors (Lipinski definition) is 6. The van der Waals surface area contributed by atoms with E-state index in [1.165, 1.54) is 212 Å². The summed E-state index contributed by atoms with van der Waals surface area (Å²) in [5.41, 5.74) is 0. The van der Waals surface area contributed by atoms with E-state index in [2.05, 4.69) is 43.5 Å². The van der Waals surface area contributed by atoms with Gasteiger partial charge >= 0.3 is 0 Å². The molecule has 0 aliphatic rings. The van der Waals surface area contributed by atoms with Crippen LogP contribution in [0.5, 0.6) is 0 Å². The van der Waals surface area contributed by atoms with Crippen LogP contribution in [0.1, 0.15) is 277 Å². The lowest BCUT2D eigenvalue weighted by molar-refractivity contribution is -0.870. The number of hydrogen-bond donors (Lipinski definition) is 2. The fourth-order valence-corrected chi connectivity index (χ4v) is 9.26. The van der Waals surface area contributed by atoms with Gasteiger partial charge in [-0.1, -0.05) is 262 Å². The summed E-state index contributed by atoms with van der Waals surface area (Å²) in [5.74, 6) is -0.206. The summed E-state index contributed by atoms with van der Waals surface area (Å²) in [6.45, 7) is 4.66. The Kier molecular flexibility index (Phi) is 48.7. The van der Waals surface area contributed by atoms with Crippen molar-refractivity contribution in [1.29, 1.82) is 0 Å². The predicted octanol–water partition coefficient (Wildman–Crippen LogP) is 16.7. The highest BCUT2D eigenvalue weighted by molar-refractivity contribution is 7.45. The van der Waals surface area contributed by atoms with E-state index in [4.69, 9.17) is 9.05 Å². The van der Waals surface area contributed by atoms with Gasteiger partial charge < -0.3 is 28.8 Å². The maximum atomic E-state index is 13.0. The molecule has 8 nitrogen and oxygen atoms in total. The van der Waals surface area contributed by atoms with Crippen molar-refractivity contribution in [3.63, 3.8) is 0 Å². The number of aliphatic hydroxyl groups excluding tert-OH is 1. The minimum Gasteiger partial charge on any atom is -0.756 e. The molecule has 0 saturated carbocycles. The van der Waals surface area contributed by atoms with Crippen LogP contribution in [-0.2, 0) is 18.4 Å². The quantitative estimate of drug-likeness (QED) is 0.0272. The molecule has 0 saturated heterocycles. The zero-order valence-corrected chi connectivity index (χ0v) is 46.0. The maximum absolute atomic E-state index is 13.0. The van der Waals surface area contributed by atoms with Gasteiger partial charge in [-0.2, -0.15) is 0 Å². The fourth-order valence-electron chi connectivity index (χ4n) is 8.54. The second kappa shape index (κ2) is 49.7. The lowest BCUT2D eigenvalue weighted by atomic mass is 10.0. The van der Waals surface area contributed by atoms with Crippen LogP contribution in [0.4, 0.5) is 0 Å². The number of allylic oxidation sites excluding steroid dienone is 5. The van der Waals surface area contributed by atoms with Crippen molar-refractivity contribution in [3.8, 4) is 0 Å². The first-order valence-corrected chi connectivity index (χ1v) is 30.3. The van der Waals surface area contributed by atoms with E-state index in [1.54, 1.807) is 6.08 Å². The van der Waals surface area contributed by atoms with Crippen LogP contribution in [0.2, 0.25) is 0 Å². The topological polar surface area (TPSA) is 108 Å². The number of amides is 1. The monoisotopic (exact) mass is 965 g/mol. The Bertz CT molecular complexity index is 1190. The molecule has 0 aromatic carbocycles. The van der Waals surface area contributed by atoms with Crippen LogP contribution in [0.3, 0.4) is 0 Å². The molecule has 0 aromatic rings. The summed E-state index contributed by atoms with van der Waals surface area (Å²) in [6, 6.07) is -0.908. The van der Waals surface area contributed by atoms with Crippen molar-refractivity contribution in [1.82, 2.24) is 5.32 Å². The Morgan fingerprint density at radius 2 is 0.836 bits per heavy atom. The normalized spacial score (nSPS) is 14.2. The molecular weight excluding hydrogens is 852 g/mol. The zero-order valence-electron chi connectivity index (χ0n) is 45.1. The highest BCUT2D eigenvalue weighted by Crippen LogP contribution is 2.38. The third-order valence-corrected chi connectivity index (χ3v) is 14.0. The van der Waals surface area contributed by atoms with Crippen LogP contribution in [0.15, 0.2) is 36.5 Å². The Morgan fingerprint density at radius 1 is 0.507 bits per heavy atom. The Hall–Kier alpha value is -1.28. The van der Waals surface area contributed by atoms with E-state index in [1.807, 2.05) is 27.2 Å². The highest BCUT2D eigenvalue weighted by Gasteiger charge is 2.23. The van der Waals surface area contributed by atoms with E-state index in [0.29, 0.717) is 17.4 Å². The van der Waals surface area contributed by atoms with Gasteiger partial charge in [0, 0.05) is 6.42 Å². The number of unbranched alkanes of at least 4 members (excludes halogenated alkanes) is 36. The van der Waals surface area contributed by atoms with Crippen LogP contribution in [0, 0.1) is 0 Å². The smallest absolute Gasteiger partial charge is 0.268 e. The molecule has 0 aromatic heterocycles. The Morgan fingerprint density at radius 3 is 1.21 bits per heavy atom. The molecule has 0 radical (unpaired) electrons. The number of phosphoric acid groups is 1. The molecule has 9 heteroatoms. The molecule has 0 aliphatic heterocycles. The third kappa shape index (κ3) is 52.4. The molecule has 0 fully saturated rings. The first-order chi connectivity index (χ1) is 32.5. The summed E-state index contributed by atoms with van der Waals surface area (Å²) in [4.78, 5) is 25.5. The number of quaternary nitrogens is 1. The number of phosphoric ester groups is 1. The first kappa shape index (κ1) is 65.7. The largest absolute Gasteiger partial charge is 0.756 e. The molecule has 3 atom stereocenters. The lowest BCUT2D eigenvalue weighted by Gasteiger charge is -2.29. The minimum atomic E-state index is -4.61. The second-order valence-electron chi connectivity index (χ2n) is 21.0. The SMILES string of the molecule is CCCCCCCCCCCCC/C=C/CC/C=C/CC/C=C/C(O)C(COP(=O)([O-])OCC[N+](C)(C)C)NC(=O)CCCCCCCCCCCCCCCCCCCCCCCCCC. The zero-order chi connectivity index (χ0) is 49.2. The number of aliphatic hydroxyl groups is 1.